The number of carbonyl (C=O) groups is 2. The van der Waals surface area contributed by atoms with Gasteiger partial charge < -0.3 is 10.1 Å². The van der Waals surface area contributed by atoms with E-state index >= 15 is 0 Å². The molecule has 2 rings (SSSR count). The van der Waals surface area contributed by atoms with Crippen molar-refractivity contribution in [3.05, 3.63) is 40.4 Å². The number of hydrogen-bond donors (Lipinski definition) is 1. The molecule has 0 aliphatic rings. The van der Waals surface area contributed by atoms with Gasteiger partial charge in [-0.15, -0.1) is 0 Å². The first-order valence-electron chi connectivity index (χ1n) is 7.89. The summed E-state index contributed by atoms with van der Waals surface area (Å²) in [6.45, 7) is 4.24. The van der Waals surface area contributed by atoms with Gasteiger partial charge in [0.05, 0.1) is 23.8 Å². The molecule has 0 saturated carbocycles. The third-order valence-electron chi connectivity index (χ3n) is 3.48. The number of benzene rings is 1. The van der Waals surface area contributed by atoms with Gasteiger partial charge >= 0.3 is 5.97 Å². The lowest BCUT2D eigenvalue weighted by Crippen LogP contribution is -2.33. The van der Waals surface area contributed by atoms with Crippen LogP contribution in [-0.2, 0) is 20.9 Å². The van der Waals surface area contributed by atoms with Gasteiger partial charge in [-0.2, -0.15) is 0 Å². The maximum atomic E-state index is 12.4. The summed E-state index contributed by atoms with van der Waals surface area (Å²) >= 11 is 0. The third-order valence-corrected chi connectivity index (χ3v) is 3.48. The molecule has 1 N–H and O–H groups in total. The van der Waals surface area contributed by atoms with Crippen LogP contribution in [0.25, 0.3) is 10.9 Å². The van der Waals surface area contributed by atoms with Crippen molar-refractivity contribution < 1.29 is 14.3 Å². The largest absolute Gasteiger partial charge is 0.466 e. The molecule has 0 unspecified atom stereocenters. The highest BCUT2D eigenvalue weighted by molar-refractivity contribution is 5.79. The molecular weight excluding hydrogens is 310 g/mol. The standard InChI is InChI=1S/C17H21N3O4/c1-3-24-16(22)5-4-8-18-15(21)10-20-11-19-14-7-6-12(2)9-13(14)17(20)23/h6-7,9,11H,3-5,8,10H2,1-2H3,(H,18,21). The molecule has 0 saturated heterocycles. The molecule has 0 atom stereocenters. The molecule has 7 heteroatoms. The molecule has 0 radical (unpaired) electrons. The number of aromatic nitrogens is 2. The average molecular weight is 331 g/mol. The minimum Gasteiger partial charge on any atom is -0.466 e. The number of hydrogen-bond acceptors (Lipinski definition) is 5. The minimum absolute atomic E-state index is 0.102. The van der Waals surface area contributed by atoms with Gasteiger partial charge in [-0.25, -0.2) is 4.98 Å². The number of esters is 1. The van der Waals surface area contributed by atoms with Crippen molar-refractivity contribution in [2.75, 3.05) is 13.2 Å². The van der Waals surface area contributed by atoms with Crippen molar-refractivity contribution in [3.63, 3.8) is 0 Å². The van der Waals surface area contributed by atoms with E-state index in [1.807, 2.05) is 13.0 Å². The Balaban J connectivity index is 1.92. The molecule has 0 spiro atoms. The van der Waals surface area contributed by atoms with Gasteiger partial charge in [0.1, 0.15) is 6.54 Å². The molecule has 1 aromatic carbocycles. The summed E-state index contributed by atoms with van der Waals surface area (Å²) in [5.74, 6) is -0.577. The summed E-state index contributed by atoms with van der Waals surface area (Å²) in [4.78, 5) is 39.7. The van der Waals surface area contributed by atoms with Crippen LogP contribution in [0.3, 0.4) is 0 Å². The smallest absolute Gasteiger partial charge is 0.305 e. The van der Waals surface area contributed by atoms with Crippen molar-refractivity contribution >= 4 is 22.8 Å². The van der Waals surface area contributed by atoms with Crippen molar-refractivity contribution in [1.29, 1.82) is 0 Å². The highest BCUT2D eigenvalue weighted by atomic mass is 16.5. The maximum absolute atomic E-state index is 12.4. The molecule has 1 aromatic heterocycles. The fourth-order valence-electron chi connectivity index (χ4n) is 2.29. The Kier molecular flexibility index (Phi) is 6.06. The number of ether oxygens (including phenoxy) is 1. The number of rotatable bonds is 7. The molecule has 0 fully saturated rings. The van der Waals surface area contributed by atoms with E-state index < -0.39 is 0 Å². The summed E-state index contributed by atoms with van der Waals surface area (Å²) in [5, 5.41) is 3.17. The van der Waals surface area contributed by atoms with Gasteiger partial charge in [0.15, 0.2) is 0 Å². The Labute approximate surface area is 139 Å². The van der Waals surface area contributed by atoms with Crippen molar-refractivity contribution in [1.82, 2.24) is 14.9 Å². The van der Waals surface area contributed by atoms with Crippen LogP contribution in [0.5, 0.6) is 0 Å². The van der Waals surface area contributed by atoms with Crippen LogP contribution >= 0.6 is 0 Å². The Morgan fingerprint density at radius 2 is 2.12 bits per heavy atom. The van der Waals surface area contributed by atoms with Gasteiger partial charge in [-0.05, 0) is 32.4 Å². The second-order valence-corrected chi connectivity index (χ2v) is 5.46. The molecular formula is C17H21N3O4. The molecule has 0 aliphatic carbocycles. The fraction of sp³-hybridized carbons (Fsp3) is 0.412. The monoisotopic (exact) mass is 331 g/mol. The number of nitrogens with one attached hydrogen (secondary N) is 1. The van der Waals surface area contributed by atoms with Crippen LogP contribution in [0.4, 0.5) is 0 Å². The Morgan fingerprint density at radius 1 is 1.33 bits per heavy atom. The SMILES string of the molecule is CCOC(=O)CCCNC(=O)Cn1cnc2ccc(C)cc2c1=O. The summed E-state index contributed by atoms with van der Waals surface area (Å²) in [6.07, 6.45) is 2.12. The quantitative estimate of drug-likeness (QED) is 0.607. The van der Waals surface area contributed by atoms with Crippen LogP contribution < -0.4 is 10.9 Å². The van der Waals surface area contributed by atoms with Crippen LogP contribution in [-0.4, -0.2) is 34.6 Å². The normalized spacial score (nSPS) is 10.6. The number of amides is 1. The maximum Gasteiger partial charge on any atom is 0.305 e. The summed E-state index contributed by atoms with van der Waals surface area (Å²) < 4.78 is 6.09. The average Bonchev–Trinajstić information content (AvgIpc) is 2.55. The van der Waals surface area contributed by atoms with Crippen LogP contribution in [0.2, 0.25) is 0 Å². The van der Waals surface area contributed by atoms with E-state index in [1.165, 1.54) is 10.9 Å². The molecule has 0 aliphatic heterocycles. The molecule has 2 aromatic rings. The topological polar surface area (TPSA) is 90.3 Å². The first kappa shape index (κ1) is 17.7. The number of nitrogens with zero attached hydrogens (tertiary/aromatic N) is 2. The first-order chi connectivity index (χ1) is 11.5. The number of fused-ring (bicyclic) bond motifs is 1. The predicted octanol–water partition coefficient (Wildman–Crippen LogP) is 1.16. The second kappa shape index (κ2) is 8.24. The fourth-order valence-corrected chi connectivity index (χ4v) is 2.29. The zero-order valence-corrected chi connectivity index (χ0v) is 13.9. The molecule has 1 amide bonds. The van der Waals surface area contributed by atoms with Gasteiger partial charge in [0, 0.05) is 13.0 Å². The van der Waals surface area contributed by atoms with Crippen LogP contribution in [0.15, 0.2) is 29.3 Å². The van der Waals surface area contributed by atoms with E-state index in [0.29, 0.717) is 30.5 Å². The summed E-state index contributed by atoms with van der Waals surface area (Å²) in [5.41, 5.74) is 1.32. The van der Waals surface area contributed by atoms with Crippen molar-refractivity contribution in [3.8, 4) is 0 Å². The van der Waals surface area contributed by atoms with Gasteiger partial charge in [-0.3, -0.25) is 19.0 Å². The molecule has 24 heavy (non-hydrogen) atoms. The van der Waals surface area contributed by atoms with E-state index in [2.05, 4.69) is 10.3 Å². The summed E-state index contributed by atoms with van der Waals surface area (Å²) in [7, 11) is 0. The van der Waals surface area contributed by atoms with E-state index in [4.69, 9.17) is 4.74 Å². The molecule has 1 heterocycles. The van der Waals surface area contributed by atoms with E-state index in [0.717, 1.165) is 5.56 Å². The Hall–Kier alpha value is -2.70. The predicted molar refractivity (Wildman–Crippen MR) is 89.6 cm³/mol. The lowest BCUT2D eigenvalue weighted by Gasteiger charge is -2.08. The lowest BCUT2D eigenvalue weighted by molar-refractivity contribution is -0.143. The lowest BCUT2D eigenvalue weighted by atomic mass is 10.2. The highest BCUT2D eigenvalue weighted by Crippen LogP contribution is 2.08. The van der Waals surface area contributed by atoms with E-state index in [-0.39, 0.29) is 30.4 Å². The van der Waals surface area contributed by atoms with E-state index in [9.17, 15) is 14.4 Å². The van der Waals surface area contributed by atoms with Crippen LogP contribution in [0.1, 0.15) is 25.3 Å². The molecule has 0 bridgehead atoms. The van der Waals surface area contributed by atoms with Crippen LogP contribution in [0, 0.1) is 6.92 Å². The van der Waals surface area contributed by atoms with Gasteiger partial charge in [0.25, 0.3) is 5.56 Å². The summed E-state index contributed by atoms with van der Waals surface area (Å²) in [6, 6.07) is 5.43. The first-order valence-corrected chi connectivity index (χ1v) is 7.89. The highest BCUT2D eigenvalue weighted by Gasteiger charge is 2.08. The van der Waals surface area contributed by atoms with Crippen molar-refractivity contribution in [2.45, 2.75) is 33.2 Å². The molecule has 7 nitrogen and oxygen atoms in total. The zero-order valence-electron chi connectivity index (χ0n) is 13.9. The third kappa shape index (κ3) is 4.65. The Bertz CT molecular complexity index is 798. The number of aryl methyl sites for hydroxylation is 1. The Morgan fingerprint density at radius 3 is 2.88 bits per heavy atom. The zero-order chi connectivity index (χ0) is 17.5. The minimum atomic E-state index is -0.297. The second-order valence-electron chi connectivity index (χ2n) is 5.46. The molecule has 128 valence electrons. The van der Waals surface area contributed by atoms with E-state index in [1.54, 1.807) is 19.1 Å². The van der Waals surface area contributed by atoms with Gasteiger partial charge in [-0.1, -0.05) is 11.6 Å². The van der Waals surface area contributed by atoms with Crippen molar-refractivity contribution in [2.24, 2.45) is 0 Å². The number of carbonyl (C=O) groups excluding carboxylic acids is 2. The van der Waals surface area contributed by atoms with Gasteiger partial charge in [0.2, 0.25) is 5.91 Å².